The second kappa shape index (κ2) is 7.17. The monoisotopic (exact) mass is 331 g/mol. The molecule has 0 saturated carbocycles. The third kappa shape index (κ3) is 4.74. The molecular formula is C14H25N3O2S2. The van der Waals surface area contributed by atoms with Crippen molar-refractivity contribution >= 4 is 21.4 Å². The topological polar surface area (TPSA) is 62.3 Å². The molecule has 2 rings (SSSR count). The summed E-state index contributed by atoms with van der Waals surface area (Å²) in [4.78, 5) is 5.76. The summed E-state index contributed by atoms with van der Waals surface area (Å²) >= 11 is 1.75. The van der Waals surface area contributed by atoms with Crippen LogP contribution < -0.4 is 5.32 Å². The molecule has 1 aromatic rings. The minimum atomic E-state index is -3.05. The van der Waals surface area contributed by atoms with Crippen LogP contribution in [0.1, 0.15) is 42.6 Å². The summed E-state index contributed by atoms with van der Waals surface area (Å²) in [6, 6.07) is 0.226. The largest absolute Gasteiger partial charge is 0.308 e. The van der Waals surface area contributed by atoms with E-state index in [1.165, 1.54) is 11.1 Å². The summed E-state index contributed by atoms with van der Waals surface area (Å²) in [6.45, 7) is 6.40. The highest BCUT2D eigenvalue weighted by atomic mass is 32.2. The number of hydrogen-bond donors (Lipinski definition) is 1. The summed E-state index contributed by atoms with van der Waals surface area (Å²) in [5.74, 6) is 0.390. The highest BCUT2D eigenvalue weighted by Crippen LogP contribution is 2.22. The van der Waals surface area contributed by atoms with Crippen molar-refractivity contribution in [3.8, 4) is 0 Å². The van der Waals surface area contributed by atoms with Gasteiger partial charge in [-0.3, -0.25) is 0 Å². The molecule has 0 aromatic carbocycles. The number of aryl methyl sites for hydroxylation is 1. The van der Waals surface area contributed by atoms with E-state index in [1.807, 2.05) is 6.20 Å². The highest BCUT2D eigenvalue weighted by molar-refractivity contribution is 7.88. The van der Waals surface area contributed by atoms with Crippen molar-refractivity contribution in [2.24, 2.45) is 5.92 Å². The molecule has 5 nitrogen and oxygen atoms in total. The van der Waals surface area contributed by atoms with Crippen molar-refractivity contribution in [2.45, 2.75) is 39.2 Å². The van der Waals surface area contributed by atoms with Crippen molar-refractivity contribution in [1.82, 2.24) is 14.6 Å². The second-order valence-corrected chi connectivity index (χ2v) is 8.91. The Labute approximate surface area is 131 Å². The van der Waals surface area contributed by atoms with Gasteiger partial charge in [-0.2, -0.15) is 0 Å². The van der Waals surface area contributed by atoms with Crippen molar-refractivity contribution in [1.29, 1.82) is 0 Å². The molecule has 1 aliphatic heterocycles. The van der Waals surface area contributed by atoms with Crippen LogP contribution in [-0.4, -0.2) is 43.6 Å². The van der Waals surface area contributed by atoms with E-state index in [0.717, 1.165) is 30.8 Å². The van der Waals surface area contributed by atoms with E-state index in [2.05, 4.69) is 24.1 Å². The third-order valence-electron chi connectivity index (χ3n) is 3.95. The molecule has 1 fully saturated rings. The zero-order valence-electron chi connectivity index (χ0n) is 13.0. The molecule has 120 valence electrons. The number of sulfonamides is 1. The van der Waals surface area contributed by atoms with Gasteiger partial charge in [0, 0.05) is 24.2 Å². The average Bonchev–Trinajstić information content (AvgIpc) is 2.93. The molecule has 2 unspecified atom stereocenters. The molecule has 0 spiro atoms. The van der Waals surface area contributed by atoms with Gasteiger partial charge in [-0.15, -0.1) is 11.3 Å². The van der Waals surface area contributed by atoms with Gasteiger partial charge in [0.1, 0.15) is 5.01 Å². The van der Waals surface area contributed by atoms with Crippen LogP contribution in [0, 0.1) is 5.92 Å². The third-order valence-corrected chi connectivity index (χ3v) is 6.55. The number of thiazole rings is 1. The van der Waals surface area contributed by atoms with Gasteiger partial charge in [0.25, 0.3) is 0 Å². The lowest BCUT2D eigenvalue weighted by atomic mass is 9.99. The van der Waals surface area contributed by atoms with E-state index in [9.17, 15) is 8.42 Å². The zero-order chi connectivity index (χ0) is 15.5. The molecule has 7 heteroatoms. The van der Waals surface area contributed by atoms with Gasteiger partial charge in [-0.1, -0.05) is 6.92 Å². The molecule has 1 N–H and O–H groups in total. The molecule has 0 amide bonds. The predicted octanol–water partition coefficient (Wildman–Crippen LogP) is 2.03. The minimum Gasteiger partial charge on any atom is -0.308 e. The van der Waals surface area contributed by atoms with E-state index < -0.39 is 10.0 Å². The molecule has 2 atom stereocenters. The number of hydrogen-bond acceptors (Lipinski definition) is 5. The smallest absolute Gasteiger partial charge is 0.211 e. The van der Waals surface area contributed by atoms with E-state index in [0.29, 0.717) is 19.0 Å². The fourth-order valence-electron chi connectivity index (χ4n) is 2.61. The Hall–Kier alpha value is -0.500. The quantitative estimate of drug-likeness (QED) is 0.866. The molecule has 1 aliphatic rings. The normalized spacial score (nSPS) is 22.3. The highest BCUT2D eigenvalue weighted by Gasteiger charge is 2.26. The Morgan fingerprint density at radius 1 is 1.57 bits per heavy atom. The molecule has 0 bridgehead atoms. The first-order chi connectivity index (χ1) is 9.90. The molecule has 2 heterocycles. The number of piperidine rings is 1. The predicted molar refractivity (Wildman–Crippen MR) is 87.1 cm³/mol. The van der Waals surface area contributed by atoms with Crippen LogP contribution in [0.15, 0.2) is 6.20 Å². The van der Waals surface area contributed by atoms with Gasteiger partial charge in [-0.05, 0) is 38.6 Å². The lowest BCUT2D eigenvalue weighted by molar-refractivity contribution is 0.257. The molecular weight excluding hydrogens is 306 g/mol. The van der Waals surface area contributed by atoms with E-state index >= 15 is 0 Å². The van der Waals surface area contributed by atoms with Crippen LogP contribution in [-0.2, 0) is 16.4 Å². The molecule has 0 radical (unpaired) electrons. The molecule has 21 heavy (non-hydrogen) atoms. The summed E-state index contributed by atoms with van der Waals surface area (Å²) in [6.07, 6.45) is 6.31. The number of rotatable bonds is 6. The SMILES string of the molecule is CCc1cnc(C(C)NCC2CCCN(S(C)(=O)=O)C2)s1. The van der Waals surface area contributed by atoms with Crippen LogP contribution in [0.25, 0.3) is 0 Å². The number of aromatic nitrogens is 1. The Kier molecular flexibility index (Phi) is 5.76. The molecule has 1 aromatic heterocycles. The van der Waals surface area contributed by atoms with Gasteiger partial charge < -0.3 is 5.32 Å². The van der Waals surface area contributed by atoms with Gasteiger partial charge in [0.2, 0.25) is 10.0 Å². The lowest BCUT2D eigenvalue weighted by Crippen LogP contribution is -2.42. The van der Waals surface area contributed by atoms with Gasteiger partial charge in [-0.25, -0.2) is 17.7 Å². The van der Waals surface area contributed by atoms with Crippen molar-refractivity contribution in [2.75, 3.05) is 25.9 Å². The first kappa shape index (κ1) is 16.9. The Bertz CT molecular complexity index is 556. The van der Waals surface area contributed by atoms with Crippen molar-refractivity contribution in [3.05, 3.63) is 16.1 Å². The maximum Gasteiger partial charge on any atom is 0.211 e. The number of nitrogens with zero attached hydrogens (tertiary/aromatic N) is 2. The summed E-state index contributed by atoms with van der Waals surface area (Å²) in [7, 11) is -3.05. The average molecular weight is 332 g/mol. The van der Waals surface area contributed by atoms with E-state index in [1.54, 1.807) is 15.6 Å². The Balaban J connectivity index is 1.84. The Morgan fingerprint density at radius 2 is 2.33 bits per heavy atom. The first-order valence-corrected chi connectivity index (χ1v) is 10.2. The van der Waals surface area contributed by atoms with Crippen LogP contribution in [0.4, 0.5) is 0 Å². The van der Waals surface area contributed by atoms with Crippen LogP contribution in [0.3, 0.4) is 0 Å². The van der Waals surface area contributed by atoms with Gasteiger partial charge in [0.15, 0.2) is 0 Å². The zero-order valence-corrected chi connectivity index (χ0v) is 14.6. The van der Waals surface area contributed by atoms with Crippen LogP contribution in [0.2, 0.25) is 0 Å². The second-order valence-electron chi connectivity index (χ2n) is 5.78. The maximum atomic E-state index is 11.6. The standard InChI is InChI=1S/C14H25N3O2S2/c1-4-13-9-16-14(20-13)11(2)15-8-12-6-5-7-17(10-12)21(3,18)19/h9,11-12,15H,4-8,10H2,1-3H3. The molecule has 0 aliphatic carbocycles. The van der Waals surface area contributed by atoms with Crippen molar-refractivity contribution < 1.29 is 8.42 Å². The molecule has 1 saturated heterocycles. The van der Waals surface area contributed by atoms with Crippen LogP contribution in [0.5, 0.6) is 0 Å². The summed E-state index contributed by atoms with van der Waals surface area (Å²) in [5.41, 5.74) is 0. The Morgan fingerprint density at radius 3 is 2.95 bits per heavy atom. The van der Waals surface area contributed by atoms with Crippen molar-refractivity contribution in [3.63, 3.8) is 0 Å². The fourth-order valence-corrected chi connectivity index (χ4v) is 4.44. The van der Waals surface area contributed by atoms with E-state index in [4.69, 9.17) is 0 Å². The van der Waals surface area contributed by atoms with Crippen LogP contribution >= 0.6 is 11.3 Å². The number of nitrogens with one attached hydrogen (secondary N) is 1. The summed E-state index contributed by atoms with van der Waals surface area (Å²) in [5, 5.41) is 4.62. The maximum absolute atomic E-state index is 11.6. The van der Waals surface area contributed by atoms with Gasteiger partial charge >= 0.3 is 0 Å². The summed E-state index contributed by atoms with van der Waals surface area (Å²) < 4.78 is 24.9. The van der Waals surface area contributed by atoms with Gasteiger partial charge in [0.05, 0.1) is 12.3 Å². The first-order valence-electron chi connectivity index (χ1n) is 7.53. The van der Waals surface area contributed by atoms with E-state index in [-0.39, 0.29) is 6.04 Å². The lowest BCUT2D eigenvalue weighted by Gasteiger charge is -2.31. The minimum absolute atomic E-state index is 0.226. The fraction of sp³-hybridized carbons (Fsp3) is 0.786.